The van der Waals surface area contributed by atoms with E-state index in [1.165, 1.54) is 180 Å². The molecule has 0 heterocycles. The molecular formula is C73H126O6. The van der Waals surface area contributed by atoms with Crippen molar-refractivity contribution in [1.82, 2.24) is 0 Å². The highest BCUT2D eigenvalue weighted by Gasteiger charge is 2.19. The van der Waals surface area contributed by atoms with Crippen LogP contribution >= 0.6 is 0 Å². The number of hydrogen-bond acceptors (Lipinski definition) is 6. The van der Waals surface area contributed by atoms with E-state index in [1.807, 2.05) is 0 Å². The van der Waals surface area contributed by atoms with E-state index >= 15 is 0 Å². The van der Waals surface area contributed by atoms with Crippen molar-refractivity contribution in [3.8, 4) is 0 Å². The minimum atomic E-state index is -0.790. The van der Waals surface area contributed by atoms with E-state index < -0.39 is 6.10 Å². The van der Waals surface area contributed by atoms with Gasteiger partial charge in [0.1, 0.15) is 13.2 Å². The third-order valence-corrected chi connectivity index (χ3v) is 14.5. The summed E-state index contributed by atoms with van der Waals surface area (Å²) in [6, 6.07) is 0. The summed E-state index contributed by atoms with van der Waals surface area (Å²) in [5.41, 5.74) is 0. The predicted octanol–water partition coefficient (Wildman–Crippen LogP) is 23.2. The van der Waals surface area contributed by atoms with Crippen molar-refractivity contribution in [3.63, 3.8) is 0 Å². The van der Waals surface area contributed by atoms with Gasteiger partial charge in [-0.05, 0) is 122 Å². The minimum Gasteiger partial charge on any atom is -0.462 e. The Morgan fingerprint density at radius 1 is 0.266 bits per heavy atom. The van der Waals surface area contributed by atoms with Crippen LogP contribution in [0.5, 0.6) is 0 Å². The summed E-state index contributed by atoms with van der Waals surface area (Å²) in [6.07, 6.45) is 89.8. The molecule has 0 fully saturated rings. The molecule has 0 saturated carbocycles. The van der Waals surface area contributed by atoms with E-state index in [9.17, 15) is 14.4 Å². The van der Waals surface area contributed by atoms with Crippen LogP contribution in [0.2, 0.25) is 0 Å². The van der Waals surface area contributed by atoms with Crippen molar-refractivity contribution in [2.24, 2.45) is 0 Å². The second kappa shape index (κ2) is 66.8. The van der Waals surface area contributed by atoms with Crippen molar-refractivity contribution in [2.75, 3.05) is 13.2 Å². The highest BCUT2D eigenvalue weighted by atomic mass is 16.6. The van der Waals surface area contributed by atoms with E-state index in [0.29, 0.717) is 19.3 Å². The topological polar surface area (TPSA) is 78.9 Å². The molecule has 0 saturated heterocycles. The number of allylic oxidation sites excluding steroid dienone is 16. The maximum Gasteiger partial charge on any atom is 0.306 e. The molecule has 79 heavy (non-hydrogen) atoms. The first kappa shape index (κ1) is 75.3. The Hall–Kier alpha value is -3.67. The molecule has 0 N–H and O–H groups in total. The van der Waals surface area contributed by atoms with Crippen molar-refractivity contribution < 1.29 is 28.6 Å². The Morgan fingerprint density at radius 2 is 0.494 bits per heavy atom. The minimum absolute atomic E-state index is 0.0859. The summed E-state index contributed by atoms with van der Waals surface area (Å²) in [6.45, 7) is 6.52. The summed E-state index contributed by atoms with van der Waals surface area (Å²) < 4.78 is 17.0. The van der Waals surface area contributed by atoms with Gasteiger partial charge in [0.05, 0.1) is 0 Å². The van der Waals surface area contributed by atoms with Gasteiger partial charge < -0.3 is 14.2 Å². The Balaban J connectivity index is 4.40. The maximum atomic E-state index is 12.9. The fraction of sp³-hybridized carbons (Fsp3) is 0.740. The Bertz CT molecular complexity index is 1540. The SMILES string of the molecule is CC/C=C\C/C=C\C/C=C\CCCCCCCCCC(=O)OCC(COC(=O)CCCCCCCCCC/C=C\C/C=C\C/C=C\CCCCCCC)OC(=O)CCCCCCCCCCC/C=C\C/C=C\CCCCCCC. The van der Waals surface area contributed by atoms with Gasteiger partial charge in [-0.15, -0.1) is 0 Å². The zero-order chi connectivity index (χ0) is 57.1. The number of rotatable bonds is 61. The van der Waals surface area contributed by atoms with Crippen LogP contribution in [0.3, 0.4) is 0 Å². The fourth-order valence-corrected chi connectivity index (χ4v) is 9.50. The highest BCUT2D eigenvalue weighted by molar-refractivity contribution is 5.71. The average molecular weight is 1100 g/mol. The lowest BCUT2D eigenvalue weighted by Crippen LogP contribution is -2.30. The molecule has 0 spiro atoms. The van der Waals surface area contributed by atoms with Crippen LogP contribution in [0, 0.1) is 0 Å². The smallest absolute Gasteiger partial charge is 0.306 e. The van der Waals surface area contributed by atoms with E-state index in [1.54, 1.807) is 0 Å². The van der Waals surface area contributed by atoms with Crippen LogP contribution in [-0.2, 0) is 28.6 Å². The second-order valence-corrected chi connectivity index (χ2v) is 22.3. The molecule has 454 valence electrons. The standard InChI is InChI=1S/C73H126O6/c1-4-7-10-13-16-19-22-25-28-31-33-35-36-38-39-42-45-48-51-54-57-60-63-66-72(75)78-69-70(68-77-71(74)65-62-59-56-53-50-47-44-41-30-27-24-21-18-15-12-9-6-3)79-73(76)67-64-61-58-55-52-49-46-43-40-37-34-32-29-26-23-20-17-14-11-8-5-2/h9,12,18,21-23,25-27,30-34,36,38,70H,4-8,10-11,13-17,19-20,24,28-29,35,37,39-69H2,1-3H3/b12-9-,21-18-,25-22-,26-23-,30-27-,33-31-,34-32-,38-36-. The van der Waals surface area contributed by atoms with Crippen LogP contribution in [-0.4, -0.2) is 37.2 Å². The largest absolute Gasteiger partial charge is 0.462 e. The summed E-state index contributed by atoms with van der Waals surface area (Å²) >= 11 is 0. The Labute approximate surface area is 489 Å². The summed E-state index contributed by atoms with van der Waals surface area (Å²) in [7, 11) is 0. The third kappa shape index (κ3) is 65.0. The van der Waals surface area contributed by atoms with Crippen LogP contribution in [0.4, 0.5) is 0 Å². The third-order valence-electron chi connectivity index (χ3n) is 14.5. The highest BCUT2D eigenvalue weighted by Crippen LogP contribution is 2.16. The van der Waals surface area contributed by atoms with Crippen LogP contribution < -0.4 is 0 Å². The molecule has 0 aliphatic rings. The van der Waals surface area contributed by atoms with E-state index in [0.717, 1.165) is 109 Å². The van der Waals surface area contributed by atoms with Crippen molar-refractivity contribution >= 4 is 17.9 Å². The lowest BCUT2D eigenvalue weighted by molar-refractivity contribution is -0.167. The molecule has 0 amide bonds. The normalized spacial score (nSPS) is 12.7. The van der Waals surface area contributed by atoms with Gasteiger partial charge in [0.2, 0.25) is 0 Å². The van der Waals surface area contributed by atoms with E-state index in [2.05, 4.69) is 118 Å². The van der Waals surface area contributed by atoms with Gasteiger partial charge in [-0.3, -0.25) is 14.4 Å². The Morgan fingerprint density at radius 3 is 0.772 bits per heavy atom. The van der Waals surface area contributed by atoms with Crippen LogP contribution in [0.15, 0.2) is 97.2 Å². The van der Waals surface area contributed by atoms with Gasteiger partial charge in [0.15, 0.2) is 6.10 Å². The molecule has 6 heteroatoms. The number of esters is 3. The van der Waals surface area contributed by atoms with Crippen molar-refractivity contribution in [2.45, 2.75) is 335 Å². The lowest BCUT2D eigenvalue weighted by atomic mass is 10.1. The molecule has 0 aliphatic carbocycles. The van der Waals surface area contributed by atoms with E-state index in [-0.39, 0.29) is 31.1 Å². The molecule has 0 bridgehead atoms. The molecule has 6 nitrogen and oxygen atoms in total. The second-order valence-electron chi connectivity index (χ2n) is 22.3. The lowest BCUT2D eigenvalue weighted by Gasteiger charge is -2.18. The van der Waals surface area contributed by atoms with Gasteiger partial charge in [-0.25, -0.2) is 0 Å². The summed E-state index contributed by atoms with van der Waals surface area (Å²) in [4.78, 5) is 38.4. The first-order chi connectivity index (χ1) is 39.0. The zero-order valence-electron chi connectivity index (χ0n) is 52.1. The molecule has 0 radical (unpaired) electrons. The molecule has 0 aliphatic heterocycles. The van der Waals surface area contributed by atoms with Gasteiger partial charge in [0.25, 0.3) is 0 Å². The molecule has 0 aromatic carbocycles. The quantitative estimate of drug-likeness (QED) is 0.0261. The van der Waals surface area contributed by atoms with Crippen LogP contribution in [0.25, 0.3) is 0 Å². The molecule has 0 aromatic heterocycles. The average Bonchev–Trinajstić information content (AvgIpc) is 3.45. The van der Waals surface area contributed by atoms with E-state index in [4.69, 9.17) is 14.2 Å². The van der Waals surface area contributed by atoms with Crippen molar-refractivity contribution in [3.05, 3.63) is 97.2 Å². The number of carbonyl (C=O) groups is 3. The molecule has 0 rings (SSSR count). The molecule has 0 aromatic rings. The zero-order valence-corrected chi connectivity index (χ0v) is 52.1. The Kier molecular flexibility index (Phi) is 63.7. The number of unbranched alkanes of at least 4 members (excludes halogenated alkanes) is 34. The summed E-state index contributed by atoms with van der Waals surface area (Å²) in [5.74, 6) is -0.894. The van der Waals surface area contributed by atoms with Gasteiger partial charge in [0, 0.05) is 19.3 Å². The van der Waals surface area contributed by atoms with Gasteiger partial charge >= 0.3 is 17.9 Å². The molecule has 1 atom stereocenters. The maximum absolute atomic E-state index is 12.9. The predicted molar refractivity (Wildman–Crippen MR) is 344 cm³/mol. The van der Waals surface area contributed by atoms with Gasteiger partial charge in [-0.2, -0.15) is 0 Å². The monoisotopic (exact) mass is 1100 g/mol. The number of hydrogen-bond donors (Lipinski definition) is 0. The number of carbonyl (C=O) groups excluding carboxylic acids is 3. The molecule has 1 unspecified atom stereocenters. The first-order valence-corrected chi connectivity index (χ1v) is 33.7. The van der Waals surface area contributed by atoms with Crippen molar-refractivity contribution in [1.29, 1.82) is 0 Å². The first-order valence-electron chi connectivity index (χ1n) is 33.7. The van der Waals surface area contributed by atoms with Gasteiger partial charge in [-0.1, -0.05) is 285 Å². The molecular weight excluding hydrogens is 973 g/mol. The number of ether oxygens (including phenoxy) is 3. The van der Waals surface area contributed by atoms with Crippen LogP contribution in [0.1, 0.15) is 329 Å². The summed E-state index contributed by atoms with van der Waals surface area (Å²) in [5, 5.41) is 0. The fourth-order valence-electron chi connectivity index (χ4n) is 9.50.